The van der Waals surface area contributed by atoms with Crippen LogP contribution in [-0.4, -0.2) is 53.3 Å². The van der Waals surface area contributed by atoms with Crippen LogP contribution in [0.25, 0.3) is 0 Å². The Balaban J connectivity index is 1.62. The van der Waals surface area contributed by atoms with Crippen molar-refractivity contribution < 1.29 is 28.7 Å². The maximum atomic E-state index is 12.5. The molecule has 1 fully saturated rings. The molecule has 1 aromatic rings. The number of unbranched alkanes of at least 4 members (excludes halogenated alkanes) is 1. The Hall–Kier alpha value is -3.23. The Kier molecular flexibility index (Phi) is 5.95. The van der Waals surface area contributed by atoms with Gasteiger partial charge in [0.25, 0.3) is 17.7 Å². The number of fused-ring (bicyclic) bond motifs is 1. The van der Waals surface area contributed by atoms with E-state index in [-0.39, 0.29) is 28.6 Å². The molecule has 29 heavy (non-hydrogen) atoms. The van der Waals surface area contributed by atoms with E-state index in [0.29, 0.717) is 13.0 Å². The minimum atomic E-state index is -1.21. The van der Waals surface area contributed by atoms with E-state index in [9.17, 15) is 24.0 Å². The van der Waals surface area contributed by atoms with Gasteiger partial charge in [-0.05, 0) is 44.4 Å². The zero-order valence-electron chi connectivity index (χ0n) is 16.3. The van der Waals surface area contributed by atoms with Gasteiger partial charge in [-0.25, -0.2) is 9.59 Å². The molecule has 0 spiro atoms. The summed E-state index contributed by atoms with van der Waals surface area (Å²) in [5.74, 6) is -2.41. The average molecular weight is 401 g/mol. The lowest BCUT2D eigenvalue weighted by Gasteiger charge is -2.13. The minimum Gasteiger partial charge on any atom is -0.449 e. The molecular weight excluding hydrogens is 378 g/mol. The lowest BCUT2D eigenvalue weighted by molar-refractivity contribution is -0.127. The lowest BCUT2D eigenvalue weighted by Crippen LogP contribution is -2.45. The largest absolute Gasteiger partial charge is 0.449 e. The highest BCUT2D eigenvalue weighted by Crippen LogP contribution is 2.25. The molecule has 0 bridgehead atoms. The van der Waals surface area contributed by atoms with Gasteiger partial charge in [0.1, 0.15) is 0 Å². The van der Waals surface area contributed by atoms with Crippen molar-refractivity contribution in [3.63, 3.8) is 0 Å². The van der Waals surface area contributed by atoms with Crippen LogP contribution in [0.15, 0.2) is 18.2 Å². The number of rotatable bonds is 7. The summed E-state index contributed by atoms with van der Waals surface area (Å²) >= 11 is 0. The molecule has 1 aromatic carbocycles. The summed E-state index contributed by atoms with van der Waals surface area (Å²) in [5.41, 5.74) is 0.427. The molecule has 2 N–H and O–H groups in total. The van der Waals surface area contributed by atoms with E-state index in [1.807, 2.05) is 6.92 Å². The first kappa shape index (κ1) is 20.5. The van der Waals surface area contributed by atoms with E-state index in [0.717, 1.165) is 24.2 Å². The van der Waals surface area contributed by atoms with Crippen molar-refractivity contribution >= 4 is 29.7 Å². The molecule has 3 rings (SSSR count). The number of nitrogens with zero attached hydrogens (tertiary/aromatic N) is 1. The molecule has 0 radical (unpaired) electrons. The van der Waals surface area contributed by atoms with E-state index in [2.05, 4.69) is 10.6 Å². The molecule has 1 aliphatic heterocycles. The van der Waals surface area contributed by atoms with Gasteiger partial charge in [0.15, 0.2) is 6.10 Å². The summed E-state index contributed by atoms with van der Waals surface area (Å²) < 4.78 is 5.09. The van der Waals surface area contributed by atoms with Gasteiger partial charge in [-0.1, -0.05) is 13.3 Å². The SMILES string of the molecule is CCCCN1C(=O)c2ccc(C(=O)OC(C)C(=O)NC(=O)NC3CC3)cc2C1=O. The van der Waals surface area contributed by atoms with Crippen molar-refractivity contribution in [2.45, 2.75) is 51.7 Å². The Labute approximate surface area is 167 Å². The number of hydrogen-bond acceptors (Lipinski definition) is 6. The number of ether oxygens (including phenoxy) is 1. The van der Waals surface area contributed by atoms with E-state index < -0.39 is 29.9 Å². The molecule has 0 saturated heterocycles. The fourth-order valence-electron chi connectivity index (χ4n) is 2.88. The van der Waals surface area contributed by atoms with Crippen molar-refractivity contribution in [3.8, 4) is 0 Å². The van der Waals surface area contributed by atoms with Crippen LogP contribution < -0.4 is 10.6 Å². The van der Waals surface area contributed by atoms with Gasteiger partial charge in [0, 0.05) is 12.6 Å². The summed E-state index contributed by atoms with van der Waals surface area (Å²) in [6, 6.07) is 3.54. The van der Waals surface area contributed by atoms with E-state index in [4.69, 9.17) is 4.74 Å². The van der Waals surface area contributed by atoms with Crippen LogP contribution in [0.4, 0.5) is 4.79 Å². The van der Waals surface area contributed by atoms with Crippen molar-refractivity contribution in [1.29, 1.82) is 0 Å². The molecule has 9 nitrogen and oxygen atoms in total. The van der Waals surface area contributed by atoms with Crippen LogP contribution >= 0.6 is 0 Å². The van der Waals surface area contributed by atoms with Crippen LogP contribution in [0.1, 0.15) is 70.6 Å². The predicted octanol–water partition coefficient (Wildman–Crippen LogP) is 1.62. The number of hydrogen-bond donors (Lipinski definition) is 2. The summed E-state index contributed by atoms with van der Waals surface area (Å²) in [4.78, 5) is 61.9. The van der Waals surface area contributed by atoms with E-state index in [1.165, 1.54) is 25.1 Å². The predicted molar refractivity (Wildman–Crippen MR) is 101 cm³/mol. The molecule has 2 aliphatic rings. The van der Waals surface area contributed by atoms with Crippen molar-refractivity contribution in [3.05, 3.63) is 34.9 Å². The second-order valence-electron chi connectivity index (χ2n) is 7.16. The van der Waals surface area contributed by atoms with Crippen LogP contribution in [0.2, 0.25) is 0 Å². The number of carbonyl (C=O) groups is 5. The molecular formula is C20H23N3O6. The Morgan fingerprint density at radius 1 is 1.17 bits per heavy atom. The smallest absolute Gasteiger partial charge is 0.338 e. The maximum Gasteiger partial charge on any atom is 0.338 e. The molecule has 1 heterocycles. The van der Waals surface area contributed by atoms with Gasteiger partial charge in [-0.3, -0.25) is 24.6 Å². The zero-order valence-corrected chi connectivity index (χ0v) is 16.3. The lowest BCUT2D eigenvalue weighted by atomic mass is 10.1. The average Bonchev–Trinajstić information content (AvgIpc) is 3.46. The first-order chi connectivity index (χ1) is 13.8. The number of nitrogens with one attached hydrogen (secondary N) is 2. The number of imide groups is 2. The van der Waals surface area contributed by atoms with Crippen LogP contribution in [0.3, 0.4) is 0 Å². The van der Waals surface area contributed by atoms with Gasteiger partial charge in [-0.2, -0.15) is 0 Å². The number of amides is 5. The van der Waals surface area contributed by atoms with Crippen molar-refractivity contribution in [2.75, 3.05) is 6.54 Å². The molecule has 1 saturated carbocycles. The van der Waals surface area contributed by atoms with Crippen LogP contribution in [0.5, 0.6) is 0 Å². The van der Waals surface area contributed by atoms with Crippen molar-refractivity contribution in [1.82, 2.24) is 15.5 Å². The second-order valence-corrected chi connectivity index (χ2v) is 7.16. The Morgan fingerprint density at radius 3 is 2.52 bits per heavy atom. The van der Waals surface area contributed by atoms with E-state index in [1.54, 1.807) is 0 Å². The normalized spacial score (nSPS) is 16.3. The molecule has 9 heteroatoms. The third-order valence-corrected chi connectivity index (χ3v) is 4.74. The summed E-state index contributed by atoms with van der Waals surface area (Å²) in [6.45, 7) is 3.62. The topological polar surface area (TPSA) is 122 Å². The molecule has 1 aliphatic carbocycles. The summed E-state index contributed by atoms with van der Waals surface area (Å²) in [5, 5.41) is 4.71. The van der Waals surface area contributed by atoms with Gasteiger partial charge in [-0.15, -0.1) is 0 Å². The van der Waals surface area contributed by atoms with Gasteiger partial charge in [0.2, 0.25) is 0 Å². The fourth-order valence-corrected chi connectivity index (χ4v) is 2.88. The van der Waals surface area contributed by atoms with Gasteiger partial charge < -0.3 is 10.1 Å². The van der Waals surface area contributed by atoms with Crippen LogP contribution in [0, 0.1) is 0 Å². The zero-order chi connectivity index (χ0) is 21.1. The van der Waals surface area contributed by atoms with E-state index >= 15 is 0 Å². The minimum absolute atomic E-state index is 0.0457. The molecule has 1 atom stereocenters. The number of carbonyl (C=O) groups excluding carboxylic acids is 5. The first-order valence-electron chi connectivity index (χ1n) is 9.64. The molecule has 1 unspecified atom stereocenters. The number of benzene rings is 1. The molecule has 154 valence electrons. The Morgan fingerprint density at radius 2 is 1.86 bits per heavy atom. The van der Waals surface area contributed by atoms with Crippen LogP contribution in [-0.2, 0) is 9.53 Å². The molecule has 0 aromatic heterocycles. The quantitative estimate of drug-likeness (QED) is 0.529. The highest BCUT2D eigenvalue weighted by molar-refractivity contribution is 6.22. The highest BCUT2D eigenvalue weighted by atomic mass is 16.5. The maximum absolute atomic E-state index is 12.5. The van der Waals surface area contributed by atoms with Gasteiger partial charge in [0.05, 0.1) is 16.7 Å². The monoisotopic (exact) mass is 401 g/mol. The second kappa shape index (κ2) is 8.42. The first-order valence-corrected chi connectivity index (χ1v) is 9.64. The third-order valence-electron chi connectivity index (χ3n) is 4.74. The highest BCUT2D eigenvalue weighted by Gasteiger charge is 2.36. The number of esters is 1. The summed E-state index contributed by atoms with van der Waals surface area (Å²) in [6.07, 6.45) is 2.08. The number of urea groups is 1. The standard InChI is InChI=1S/C20H23N3O6/c1-3-4-9-23-17(25)14-8-5-12(10-15(14)18(23)26)19(27)29-11(2)16(24)22-20(28)21-13-6-7-13/h5,8,10-11,13H,3-4,6-7,9H2,1-2H3,(H2,21,22,24,28). The van der Waals surface area contributed by atoms with Gasteiger partial charge >= 0.3 is 12.0 Å². The Bertz CT molecular complexity index is 877. The molecule has 5 amide bonds. The summed E-state index contributed by atoms with van der Waals surface area (Å²) in [7, 11) is 0. The van der Waals surface area contributed by atoms with Crippen molar-refractivity contribution in [2.24, 2.45) is 0 Å². The third kappa shape index (κ3) is 4.61. The fraction of sp³-hybridized carbons (Fsp3) is 0.450.